The number of rotatable bonds is 3. The molecular weight excluding hydrogens is 232 g/mol. The monoisotopic (exact) mass is 252 g/mol. The van der Waals surface area contributed by atoms with E-state index in [9.17, 15) is 0 Å². The maximum Gasteiger partial charge on any atom is 0.0400 e. The van der Waals surface area contributed by atoms with Crippen molar-refractivity contribution < 1.29 is 0 Å². The minimum absolute atomic E-state index is 0.330. The summed E-state index contributed by atoms with van der Waals surface area (Å²) in [5.74, 6) is 0. The molecule has 3 N–H and O–H groups in total. The van der Waals surface area contributed by atoms with Gasteiger partial charge in [-0.2, -0.15) is 0 Å². The molecule has 2 nitrogen and oxygen atoms in total. The third-order valence-corrected chi connectivity index (χ3v) is 3.81. The quantitative estimate of drug-likeness (QED) is 0.881. The summed E-state index contributed by atoms with van der Waals surface area (Å²) in [5.41, 5.74) is 11.4. The number of hydrogen-bond donors (Lipinski definition) is 2. The van der Waals surface area contributed by atoms with Crippen LogP contribution >= 0.6 is 0 Å². The molecule has 1 aliphatic carbocycles. The number of anilines is 1. The number of nitrogens with two attached hydrogens (primary N) is 1. The average molecular weight is 252 g/mol. The van der Waals surface area contributed by atoms with Crippen molar-refractivity contribution in [3.63, 3.8) is 0 Å². The number of benzene rings is 2. The average Bonchev–Trinajstić information content (AvgIpc) is 2.46. The lowest BCUT2D eigenvalue weighted by molar-refractivity contribution is 0.576. The van der Waals surface area contributed by atoms with Crippen LogP contribution in [0.4, 0.5) is 5.69 Å². The van der Waals surface area contributed by atoms with Gasteiger partial charge < -0.3 is 11.1 Å². The van der Waals surface area contributed by atoms with Gasteiger partial charge in [0.1, 0.15) is 0 Å². The summed E-state index contributed by atoms with van der Waals surface area (Å²) in [7, 11) is 0. The Morgan fingerprint density at radius 1 is 1.05 bits per heavy atom. The van der Waals surface area contributed by atoms with Gasteiger partial charge in [-0.25, -0.2) is 0 Å². The second-order valence-corrected chi connectivity index (χ2v) is 5.33. The minimum Gasteiger partial charge on any atom is -0.381 e. The van der Waals surface area contributed by atoms with E-state index in [1.807, 2.05) is 6.07 Å². The van der Waals surface area contributed by atoms with Gasteiger partial charge in [-0.1, -0.05) is 36.4 Å². The molecule has 1 aliphatic rings. The van der Waals surface area contributed by atoms with Gasteiger partial charge in [-0.15, -0.1) is 0 Å². The Bertz CT molecular complexity index is 548. The van der Waals surface area contributed by atoms with Crippen molar-refractivity contribution in [1.82, 2.24) is 0 Å². The molecule has 0 aromatic heterocycles. The van der Waals surface area contributed by atoms with Crippen LogP contribution in [0.15, 0.2) is 48.5 Å². The Labute approximate surface area is 114 Å². The molecule has 0 fully saturated rings. The van der Waals surface area contributed by atoms with Gasteiger partial charge in [0.25, 0.3) is 0 Å². The zero-order valence-corrected chi connectivity index (χ0v) is 11.1. The molecular formula is C17H20N2. The van der Waals surface area contributed by atoms with E-state index in [1.54, 1.807) is 0 Å². The van der Waals surface area contributed by atoms with Crippen LogP contribution in [0.5, 0.6) is 0 Å². The molecule has 0 aliphatic heterocycles. The topological polar surface area (TPSA) is 38.0 Å². The number of fused-ring (bicyclic) bond motifs is 1. The zero-order valence-electron chi connectivity index (χ0n) is 11.1. The normalized spacial score (nSPS) is 17.8. The fourth-order valence-corrected chi connectivity index (χ4v) is 2.70. The van der Waals surface area contributed by atoms with Crippen LogP contribution in [0.1, 0.15) is 23.1 Å². The number of aryl methyl sites for hydroxylation is 1. The Morgan fingerprint density at radius 3 is 2.74 bits per heavy atom. The molecule has 0 saturated heterocycles. The Hall–Kier alpha value is -1.80. The highest BCUT2D eigenvalue weighted by Gasteiger charge is 2.15. The molecule has 0 saturated carbocycles. The highest BCUT2D eigenvalue weighted by Crippen LogP contribution is 2.24. The fraction of sp³-hybridized carbons (Fsp3) is 0.294. The van der Waals surface area contributed by atoms with E-state index < -0.39 is 0 Å². The largest absolute Gasteiger partial charge is 0.381 e. The fourth-order valence-electron chi connectivity index (χ4n) is 2.70. The molecule has 0 bridgehead atoms. The van der Waals surface area contributed by atoms with Gasteiger partial charge >= 0.3 is 0 Å². The van der Waals surface area contributed by atoms with E-state index >= 15 is 0 Å². The van der Waals surface area contributed by atoms with E-state index in [1.165, 1.54) is 22.4 Å². The SMILES string of the molecule is NC1CCc2ccc(NCc3ccccc3)cc2C1. The summed E-state index contributed by atoms with van der Waals surface area (Å²) >= 11 is 0. The smallest absolute Gasteiger partial charge is 0.0400 e. The van der Waals surface area contributed by atoms with Crippen molar-refractivity contribution in [2.75, 3.05) is 5.32 Å². The molecule has 98 valence electrons. The van der Waals surface area contributed by atoms with Gasteiger partial charge in [0.2, 0.25) is 0 Å². The zero-order chi connectivity index (χ0) is 13.1. The molecule has 0 radical (unpaired) electrons. The first-order chi connectivity index (χ1) is 9.31. The first kappa shape index (κ1) is 12.2. The van der Waals surface area contributed by atoms with Crippen LogP contribution in [0.3, 0.4) is 0 Å². The predicted octanol–water partition coefficient (Wildman–Crippen LogP) is 3.11. The van der Waals surface area contributed by atoms with E-state index in [0.717, 1.165) is 25.8 Å². The third kappa shape index (κ3) is 2.96. The van der Waals surface area contributed by atoms with Crippen molar-refractivity contribution in [2.24, 2.45) is 5.73 Å². The molecule has 0 heterocycles. The van der Waals surface area contributed by atoms with Crippen LogP contribution in [0, 0.1) is 0 Å². The minimum atomic E-state index is 0.330. The van der Waals surface area contributed by atoms with E-state index in [0.29, 0.717) is 6.04 Å². The summed E-state index contributed by atoms with van der Waals surface area (Å²) in [6, 6.07) is 17.5. The molecule has 3 rings (SSSR count). The number of hydrogen-bond acceptors (Lipinski definition) is 2. The van der Waals surface area contributed by atoms with E-state index in [-0.39, 0.29) is 0 Å². The van der Waals surface area contributed by atoms with Gasteiger partial charge in [0.15, 0.2) is 0 Å². The Morgan fingerprint density at radius 2 is 1.89 bits per heavy atom. The van der Waals surface area contributed by atoms with Gasteiger partial charge in [-0.3, -0.25) is 0 Å². The Kier molecular flexibility index (Phi) is 3.51. The van der Waals surface area contributed by atoms with Crippen molar-refractivity contribution in [3.05, 3.63) is 65.2 Å². The van der Waals surface area contributed by atoms with Crippen LogP contribution in [-0.4, -0.2) is 6.04 Å². The van der Waals surface area contributed by atoms with Gasteiger partial charge in [0, 0.05) is 18.3 Å². The predicted molar refractivity (Wildman–Crippen MR) is 80.2 cm³/mol. The molecule has 1 unspecified atom stereocenters. The van der Waals surface area contributed by atoms with E-state index in [2.05, 4.69) is 47.8 Å². The van der Waals surface area contributed by atoms with Gasteiger partial charge in [-0.05, 0) is 48.1 Å². The van der Waals surface area contributed by atoms with Gasteiger partial charge in [0.05, 0.1) is 0 Å². The summed E-state index contributed by atoms with van der Waals surface area (Å²) in [5, 5.41) is 3.49. The van der Waals surface area contributed by atoms with Crippen LogP contribution in [-0.2, 0) is 19.4 Å². The van der Waals surface area contributed by atoms with Crippen molar-refractivity contribution in [3.8, 4) is 0 Å². The Balaban J connectivity index is 1.70. The first-order valence-electron chi connectivity index (χ1n) is 6.96. The molecule has 2 aromatic rings. The third-order valence-electron chi connectivity index (χ3n) is 3.81. The molecule has 2 aromatic carbocycles. The summed E-state index contributed by atoms with van der Waals surface area (Å²) < 4.78 is 0. The van der Waals surface area contributed by atoms with Crippen LogP contribution in [0.25, 0.3) is 0 Å². The summed E-state index contributed by atoms with van der Waals surface area (Å²) in [6.07, 6.45) is 3.25. The van der Waals surface area contributed by atoms with Crippen molar-refractivity contribution >= 4 is 5.69 Å². The molecule has 2 heteroatoms. The standard InChI is InChI=1S/C17H20N2/c18-16-8-6-14-7-9-17(11-15(14)10-16)19-12-13-4-2-1-3-5-13/h1-5,7,9,11,16,19H,6,8,10,12,18H2. The van der Waals surface area contributed by atoms with Crippen LogP contribution in [0.2, 0.25) is 0 Å². The number of nitrogens with one attached hydrogen (secondary N) is 1. The second-order valence-electron chi connectivity index (χ2n) is 5.33. The summed E-state index contributed by atoms with van der Waals surface area (Å²) in [4.78, 5) is 0. The van der Waals surface area contributed by atoms with Crippen LogP contribution < -0.4 is 11.1 Å². The van der Waals surface area contributed by atoms with E-state index in [4.69, 9.17) is 5.73 Å². The maximum atomic E-state index is 6.04. The molecule has 0 amide bonds. The summed E-state index contributed by atoms with van der Waals surface area (Å²) in [6.45, 7) is 0.867. The maximum absolute atomic E-state index is 6.04. The lowest BCUT2D eigenvalue weighted by Gasteiger charge is -2.22. The highest BCUT2D eigenvalue weighted by molar-refractivity contribution is 5.50. The first-order valence-corrected chi connectivity index (χ1v) is 6.96. The lowest BCUT2D eigenvalue weighted by atomic mass is 9.88. The highest BCUT2D eigenvalue weighted by atomic mass is 14.9. The molecule has 19 heavy (non-hydrogen) atoms. The van der Waals surface area contributed by atoms with Crippen molar-refractivity contribution in [1.29, 1.82) is 0 Å². The lowest BCUT2D eigenvalue weighted by Crippen LogP contribution is -2.27. The molecule has 1 atom stereocenters. The van der Waals surface area contributed by atoms with Crippen molar-refractivity contribution in [2.45, 2.75) is 31.8 Å². The second kappa shape index (κ2) is 5.45. The molecule has 0 spiro atoms.